The Hall–Kier alpha value is -3.17. The van der Waals surface area contributed by atoms with Crippen LogP contribution in [0, 0.1) is 0 Å². The molecule has 4 rings (SSSR count). The SMILES string of the molecule is CCOC(=O)Cn1ncc2c1CCCC2NS(=O)(=O)c1ccc(-c2ccc(OCC)cc2)cc1. The van der Waals surface area contributed by atoms with Crippen molar-refractivity contribution in [3.05, 3.63) is 66.0 Å². The van der Waals surface area contributed by atoms with E-state index in [0.29, 0.717) is 19.6 Å². The van der Waals surface area contributed by atoms with Gasteiger partial charge in [0.25, 0.3) is 0 Å². The van der Waals surface area contributed by atoms with Crippen molar-refractivity contribution in [1.29, 1.82) is 0 Å². The Balaban J connectivity index is 1.48. The van der Waals surface area contributed by atoms with Crippen molar-refractivity contribution in [2.24, 2.45) is 0 Å². The van der Waals surface area contributed by atoms with E-state index in [-0.39, 0.29) is 17.4 Å². The number of hydrogen-bond donors (Lipinski definition) is 1. The van der Waals surface area contributed by atoms with Gasteiger partial charge in [0.2, 0.25) is 10.0 Å². The number of sulfonamides is 1. The highest BCUT2D eigenvalue weighted by Gasteiger charge is 2.29. The summed E-state index contributed by atoms with van der Waals surface area (Å²) in [4.78, 5) is 12.1. The number of ether oxygens (including phenoxy) is 2. The molecule has 1 aliphatic rings. The second-order valence-corrected chi connectivity index (χ2v) is 9.77. The number of rotatable bonds is 9. The minimum atomic E-state index is -3.74. The molecular weight excluding hydrogens is 454 g/mol. The minimum absolute atomic E-state index is 0.0235. The quantitative estimate of drug-likeness (QED) is 0.464. The van der Waals surface area contributed by atoms with Crippen LogP contribution in [0.3, 0.4) is 0 Å². The first kappa shape index (κ1) is 24.0. The zero-order chi connectivity index (χ0) is 24.1. The van der Waals surface area contributed by atoms with Gasteiger partial charge in [0.05, 0.1) is 30.3 Å². The number of carbonyl (C=O) groups excluding carboxylic acids is 1. The van der Waals surface area contributed by atoms with Gasteiger partial charge in [0, 0.05) is 11.3 Å². The average molecular weight is 484 g/mol. The van der Waals surface area contributed by atoms with Gasteiger partial charge >= 0.3 is 5.97 Å². The molecule has 0 saturated carbocycles. The topological polar surface area (TPSA) is 99.5 Å². The Morgan fingerprint density at radius 2 is 1.74 bits per heavy atom. The van der Waals surface area contributed by atoms with Crippen LogP contribution in [0.15, 0.2) is 59.6 Å². The van der Waals surface area contributed by atoms with Crippen molar-refractivity contribution in [3.8, 4) is 16.9 Å². The van der Waals surface area contributed by atoms with Crippen molar-refractivity contribution in [3.63, 3.8) is 0 Å². The number of fused-ring (bicyclic) bond motifs is 1. The molecule has 1 atom stereocenters. The first-order valence-electron chi connectivity index (χ1n) is 11.5. The molecule has 0 fully saturated rings. The van der Waals surface area contributed by atoms with Gasteiger partial charge in [-0.05, 0) is 68.5 Å². The molecule has 1 heterocycles. The summed E-state index contributed by atoms with van der Waals surface area (Å²) in [5, 5.41) is 4.31. The van der Waals surface area contributed by atoms with E-state index in [1.807, 2.05) is 31.2 Å². The van der Waals surface area contributed by atoms with Gasteiger partial charge in [0.15, 0.2) is 0 Å². The lowest BCUT2D eigenvalue weighted by molar-refractivity contribution is -0.144. The van der Waals surface area contributed by atoms with E-state index in [1.165, 1.54) is 0 Å². The summed E-state index contributed by atoms with van der Waals surface area (Å²) in [6.45, 7) is 4.63. The maximum absolute atomic E-state index is 13.1. The minimum Gasteiger partial charge on any atom is -0.494 e. The van der Waals surface area contributed by atoms with Crippen LogP contribution in [0.25, 0.3) is 11.1 Å². The van der Waals surface area contributed by atoms with Gasteiger partial charge in [-0.25, -0.2) is 13.1 Å². The van der Waals surface area contributed by atoms with E-state index in [2.05, 4.69) is 9.82 Å². The van der Waals surface area contributed by atoms with E-state index in [1.54, 1.807) is 42.1 Å². The summed E-state index contributed by atoms with van der Waals surface area (Å²) in [7, 11) is -3.74. The lowest BCUT2D eigenvalue weighted by Crippen LogP contribution is -2.31. The van der Waals surface area contributed by atoms with Crippen molar-refractivity contribution < 1.29 is 22.7 Å². The molecule has 34 heavy (non-hydrogen) atoms. The van der Waals surface area contributed by atoms with Crippen LogP contribution < -0.4 is 9.46 Å². The van der Waals surface area contributed by atoms with Gasteiger partial charge in [-0.1, -0.05) is 24.3 Å². The fourth-order valence-corrected chi connectivity index (χ4v) is 5.45. The van der Waals surface area contributed by atoms with Crippen LogP contribution >= 0.6 is 0 Å². The fraction of sp³-hybridized carbons (Fsp3) is 0.360. The number of aromatic nitrogens is 2. The fourth-order valence-electron chi connectivity index (χ4n) is 4.20. The summed E-state index contributed by atoms with van der Waals surface area (Å²) in [6.07, 6.45) is 3.85. The highest BCUT2D eigenvalue weighted by atomic mass is 32.2. The molecule has 0 amide bonds. The first-order valence-corrected chi connectivity index (χ1v) is 13.0. The number of esters is 1. The molecule has 1 aliphatic carbocycles. The van der Waals surface area contributed by atoms with Crippen LogP contribution in [0.2, 0.25) is 0 Å². The van der Waals surface area contributed by atoms with Crippen LogP contribution in [-0.4, -0.2) is 37.4 Å². The molecule has 0 spiro atoms. The van der Waals surface area contributed by atoms with Gasteiger partial charge < -0.3 is 9.47 Å². The Bertz CT molecular complexity index is 1230. The summed E-state index contributed by atoms with van der Waals surface area (Å²) < 4.78 is 41.2. The molecule has 3 aromatic rings. The predicted octanol–water partition coefficient (Wildman–Crippen LogP) is 3.87. The molecule has 2 aromatic carbocycles. The normalized spacial score (nSPS) is 15.5. The van der Waals surface area contributed by atoms with E-state index >= 15 is 0 Å². The maximum Gasteiger partial charge on any atom is 0.327 e. The van der Waals surface area contributed by atoms with Crippen molar-refractivity contribution in [2.75, 3.05) is 13.2 Å². The Labute approximate surface area is 199 Å². The number of benzene rings is 2. The van der Waals surface area contributed by atoms with Crippen LogP contribution in [-0.2, 0) is 32.5 Å². The third kappa shape index (κ3) is 5.31. The van der Waals surface area contributed by atoms with Gasteiger partial charge in [-0.15, -0.1) is 0 Å². The highest BCUT2D eigenvalue weighted by Crippen LogP contribution is 2.31. The molecule has 180 valence electrons. The summed E-state index contributed by atoms with van der Waals surface area (Å²) >= 11 is 0. The molecule has 9 heteroatoms. The zero-order valence-electron chi connectivity index (χ0n) is 19.4. The van der Waals surface area contributed by atoms with E-state index in [4.69, 9.17) is 9.47 Å². The first-order chi connectivity index (χ1) is 16.4. The monoisotopic (exact) mass is 483 g/mol. The number of carbonyl (C=O) groups is 1. The molecule has 0 aliphatic heterocycles. The van der Waals surface area contributed by atoms with Gasteiger partial charge in [-0.3, -0.25) is 9.48 Å². The van der Waals surface area contributed by atoms with Gasteiger partial charge in [-0.2, -0.15) is 5.10 Å². The van der Waals surface area contributed by atoms with Crippen LogP contribution in [0.4, 0.5) is 0 Å². The Morgan fingerprint density at radius 1 is 1.06 bits per heavy atom. The lowest BCUT2D eigenvalue weighted by Gasteiger charge is -2.24. The predicted molar refractivity (Wildman–Crippen MR) is 128 cm³/mol. The molecule has 0 saturated heterocycles. The van der Waals surface area contributed by atoms with Crippen LogP contribution in [0.5, 0.6) is 5.75 Å². The molecule has 1 unspecified atom stereocenters. The van der Waals surface area contributed by atoms with Crippen LogP contribution in [0.1, 0.15) is 44.0 Å². The zero-order valence-corrected chi connectivity index (χ0v) is 20.2. The third-order valence-electron chi connectivity index (χ3n) is 5.81. The maximum atomic E-state index is 13.1. The molecule has 0 radical (unpaired) electrons. The van der Waals surface area contributed by atoms with E-state index in [0.717, 1.165) is 41.0 Å². The molecule has 8 nitrogen and oxygen atoms in total. The van der Waals surface area contributed by atoms with Crippen molar-refractivity contribution in [1.82, 2.24) is 14.5 Å². The van der Waals surface area contributed by atoms with E-state index < -0.39 is 16.1 Å². The standard InChI is InChI=1S/C25H29N3O5S/c1-3-32-20-12-8-18(9-13-20)19-10-14-21(15-11-19)34(30,31)27-23-6-5-7-24-22(23)16-26-28(24)17-25(29)33-4-2/h8-16,23,27H,3-7,17H2,1-2H3. The number of hydrogen-bond acceptors (Lipinski definition) is 6. The molecule has 0 bridgehead atoms. The summed E-state index contributed by atoms with van der Waals surface area (Å²) in [5.41, 5.74) is 3.58. The van der Waals surface area contributed by atoms with Gasteiger partial charge in [0.1, 0.15) is 12.3 Å². The lowest BCUT2D eigenvalue weighted by atomic mass is 9.94. The highest BCUT2D eigenvalue weighted by molar-refractivity contribution is 7.89. The summed E-state index contributed by atoms with van der Waals surface area (Å²) in [6, 6.07) is 14.1. The third-order valence-corrected chi connectivity index (χ3v) is 7.30. The smallest absolute Gasteiger partial charge is 0.327 e. The number of nitrogens with one attached hydrogen (secondary N) is 1. The number of nitrogens with zero attached hydrogens (tertiary/aromatic N) is 2. The largest absolute Gasteiger partial charge is 0.494 e. The second kappa shape index (κ2) is 10.4. The molecule has 1 aromatic heterocycles. The second-order valence-electron chi connectivity index (χ2n) is 8.06. The average Bonchev–Trinajstić information content (AvgIpc) is 3.23. The Kier molecular flexibility index (Phi) is 7.33. The van der Waals surface area contributed by atoms with Crippen molar-refractivity contribution in [2.45, 2.75) is 50.6 Å². The van der Waals surface area contributed by atoms with Crippen molar-refractivity contribution >= 4 is 16.0 Å². The molecule has 1 N–H and O–H groups in total. The molecular formula is C25H29N3O5S. The Morgan fingerprint density at radius 3 is 2.38 bits per heavy atom. The van der Waals surface area contributed by atoms with E-state index in [9.17, 15) is 13.2 Å². The summed E-state index contributed by atoms with van der Waals surface area (Å²) in [5.74, 6) is 0.441.